The Bertz CT molecular complexity index is 525. The Kier molecular flexibility index (Phi) is 6.99. The van der Waals surface area contributed by atoms with E-state index in [1.807, 2.05) is 24.8 Å². The lowest BCUT2D eigenvalue weighted by Gasteiger charge is -2.24. The van der Waals surface area contributed by atoms with Crippen molar-refractivity contribution in [1.29, 1.82) is 0 Å². The summed E-state index contributed by atoms with van der Waals surface area (Å²) in [6, 6.07) is 1.51. The number of rotatable bonds is 8. The van der Waals surface area contributed by atoms with Gasteiger partial charge in [0.1, 0.15) is 6.17 Å². The third-order valence-electron chi connectivity index (χ3n) is 4.21. The summed E-state index contributed by atoms with van der Waals surface area (Å²) < 4.78 is 24.0. The zero-order valence-corrected chi connectivity index (χ0v) is 14.5. The Morgan fingerprint density at radius 1 is 1.62 bits per heavy atom. The highest BCUT2D eigenvalue weighted by Crippen LogP contribution is 2.22. The van der Waals surface area contributed by atoms with E-state index in [2.05, 4.69) is 15.8 Å². The van der Waals surface area contributed by atoms with Crippen LogP contribution in [0.5, 0.6) is 0 Å². The summed E-state index contributed by atoms with van der Waals surface area (Å²) in [5, 5.41) is 9.53. The lowest BCUT2D eigenvalue weighted by atomic mass is 10.2. The van der Waals surface area contributed by atoms with Crippen LogP contribution < -0.4 is 10.6 Å². The predicted molar refractivity (Wildman–Crippen MR) is 87.4 cm³/mol. The molecule has 136 valence electrons. The molecule has 1 aliphatic rings. The Morgan fingerprint density at radius 2 is 2.42 bits per heavy atom. The molecule has 0 unspecified atom stereocenters. The zero-order valence-electron chi connectivity index (χ0n) is 14.5. The van der Waals surface area contributed by atoms with Crippen molar-refractivity contribution >= 4 is 6.03 Å². The smallest absolute Gasteiger partial charge is 0.315 e. The van der Waals surface area contributed by atoms with E-state index in [-0.39, 0.29) is 18.1 Å². The number of aromatic nitrogens is 1. The van der Waals surface area contributed by atoms with Gasteiger partial charge in [0.05, 0.1) is 24.9 Å². The highest BCUT2D eigenvalue weighted by Gasteiger charge is 2.33. The first-order valence-electron chi connectivity index (χ1n) is 8.35. The number of ether oxygens (including phenoxy) is 1. The van der Waals surface area contributed by atoms with Crippen LogP contribution in [0.15, 0.2) is 10.6 Å². The number of carbonyl (C=O) groups excluding carboxylic acids is 1. The van der Waals surface area contributed by atoms with E-state index in [1.165, 1.54) is 0 Å². The summed E-state index contributed by atoms with van der Waals surface area (Å²) >= 11 is 0. The van der Waals surface area contributed by atoms with Gasteiger partial charge in [0.25, 0.3) is 0 Å². The van der Waals surface area contributed by atoms with Crippen molar-refractivity contribution in [1.82, 2.24) is 20.7 Å². The Hall–Kier alpha value is -1.67. The maximum Gasteiger partial charge on any atom is 0.315 e. The number of carbonyl (C=O) groups is 1. The van der Waals surface area contributed by atoms with Gasteiger partial charge in [-0.15, -0.1) is 0 Å². The van der Waals surface area contributed by atoms with Crippen LogP contribution >= 0.6 is 0 Å². The number of halogens is 1. The van der Waals surface area contributed by atoms with Crippen LogP contribution in [0.4, 0.5) is 9.18 Å². The Balaban J connectivity index is 1.82. The first kappa shape index (κ1) is 18.7. The Morgan fingerprint density at radius 3 is 3.04 bits per heavy atom. The molecule has 2 amide bonds. The van der Waals surface area contributed by atoms with Crippen molar-refractivity contribution in [2.24, 2.45) is 0 Å². The minimum absolute atomic E-state index is 0.0271. The molecule has 0 spiro atoms. The zero-order chi connectivity index (χ0) is 17.5. The monoisotopic (exact) mass is 342 g/mol. The standard InChI is InChI=1S/C16H27FN4O3/c1-4-13(10-23-3)19-16(22)18-7-14-6-12(17)8-21(14)9-15-5-11(2)20-24-15/h5,12-14H,4,6-10H2,1-3H3,(H2,18,19,22)/t12-,13-,14-/m0/s1. The van der Waals surface area contributed by atoms with Gasteiger partial charge < -0.3 is 19.9 Å². The second-order valence-electron chi connectivity index (χ2n) is 6.27. The number of alkyl halides is 1. The van der Waals surface area contributed by atoms with Gasteiger partial charge in [0.2, 0.25) is 0 Å². The number of amides is 2. The van der Waals surface area contributed by atoms with E-state index in [9.17, 15) is 9.18 Å². The Labute approximate surface area is 141 Å². The number of hydrogen-bond donors (Lipinski definition) is 2. The minimum Gasteiger partial charge on any atom is -0.383 e. The molecular weight excluding hydrogens is 315 g/mol. The SMILES string of the molecule is CC[C@@H](COC)NC(=O)NC[C@@H]1C[C@H](F)CN1Cc1cc(C)no1. The molecule has 2 N–H and O–H groups in total. The van der Waals surface area contributed by atoms with Crippen LogP contribution in [0.25, 0.3) is 0 Å². The van der Waals surface area contributed by atoms with E-state index in [0.717, 1.165) is 12.1 Å². The van der Waals surface area contributed by atoms with Crippen molar-refractivity contribution in [3.63, 3.8) is 0 Å². The number of urea groups is 1. The first-order valence-corrected chi connectivity index (χ1v) is 8.35. The fraction of sp³-hybridized carbons (Fsp3) is 0.750. The van der Waals surface area contributed by atoms with Crippen LogP contribution in [0.3, 0.4) is 0 Å². The van der Waals surface area contributed by atoms with Gasteiger partial charge >= 0.3 is 6.03 Å². The van der Waals surface area contributed by atoms with E-state index >= 15 is 0 Å². The minimum atomic E-state index is -0.888. The van der Waals surface area contributed by atoms with Crippen molar-refractivity contribution in [3.8, 4) is 0 Å². The van der Waals surface area contributed by atoms with E-state index in [1.54, 1.807) is 7.11 Å². The molecule has 1 saturated heterocycles. The van der Waals surface area contributed by atoms with E-state index < -0.39 is 6.17 Å². The molecule has 0 aliphatic carbocycles. The quantitative estimate of drug-likeness (QED) is 0.750. The second-order valence-corrected chi connectivity index (χ2v) is 6.27. The molecule has 1 fully saturated rings. The van der Waals surface area contributed by atoms with Gasteiger partial charge in [0.15, 0.2) is 5.76 Å². The largest absolute Gasteiger partial charge is 0.383 e. The summed E-state index contributed by atoms with van der Waals surface area (Å²) in [5.74, 6) is 0.710. The lowest BCUT2D eigenvalue weighted by molar-refractivity contribution is 0.162. The van der Waals surface area contributed by atoms with Gasteiger partial charge in [0, 0.05) is 32.3 Å². The highest BCUT2D eigenvalue weighted by atomic mass is 19.1. The summed E-state index contributed by atoms with van der Waals surface area (Å²) in [4.78, 5) is 14.0. The molecule has 24 heavy (non-hydrogen) atoms. The number of methoxy groups -OCH3 is 1. The molecule has 2 rings (SSSR count). The number of nitrogens with zero attached hydrogens (tertiary/aromatic N) is 2. The van der Waals surface area contributed by atoms with Crippen molar-refractivity contribution in [3.05, 3.63) is 17.5 Å². The summed E-state index contributed by atoms with van der Waals surface area (Å²) in [5.41, 5.74) is 0.804. The third-order valence-corrected chi connectivity index (χ3v) is 4.21. The molecule has 1 aromatic heterocycles. The number of hydrogen-bond acceptors (Lipinski definition) is 5. The molecule has 7 nitrogen and oxygen atoms in total. The van der Waals surface area contributed by atoms with Gasteiger partial charge in [-0.25, -0.2) is 9.18 Å². The van der Waals surface area contributed by atoms with Gasteiger partial charge in [-0.05, 0) is 19.8 Å². The lowest BCUT2D eigenvalue weighted by Crippen LogP contribution is -2.47. The molecule has 0 bridgehead atoms. The third kappa shape index (κ3) is 5.45. The van der Waals surface area contributed by atoms with Crippen LogP contribution in [0, 0.1) is 6.92 Å². The molecule has 3 atom stereocenters. The van der Waals surface area contributed by atoms with Gasteiger partial charge in [-0.1, -0.05) is 12.1 Å². The van der Waals surface area contributed by atoms with Crippen molar-refractivity contribution in [2.75, 3.05) is 26.8 Å². The van der Waals surface area contributed by atoms with Crippen LogP contribution in [0.1, 0.15) is 31.2 Å². The average molecular weight is 342 g/mol. The predicted octanol–water partition coefficient (Wildman–Crippen LogP) is 1.62. The number of likely N-dealkylation sites (tertiary alicyclic amines) is 1. The summed E-state index contributed by atoms with van der Waals surface area (Å²) in [6.07, 6.45) is 0.303. The molecular formula is C16H27FN4O3. The maximum absolute atomic E-state index is 13.8. The summed E-state index contributed by atoms with van der Waals surface area (Å²) in [6.45, 7) is 5.53. The molecule has 1 aromatic rings. The number of aryl methyl sites for hydroxylation is 1. The normalized spacial score (nSPS) is 22.5. The summed E-state index contributed by atoms with van der Waals surface area (Å²) in [7, 11) is 1.60. The van der Waals surface area contributed by atoms with Gasteiger partial charge in [-0.2, -0.15) is 0 Å². The second kappa shape index (κ2) is 8.98. The molecule has 0 saturated carbocycles. The van der Waals surface area contributed by atoms with Gasteiger partial charge in [-0.3, -0.25) is 4.90 Å². The average Bonchev–Trinajstić information content (AvgIpc) is 3.10. The fourth-order valence-electron chi connectivity index (χ4n) is 2.93. The molecule has 1 aliphatic heterocycles. The topological polar surface area (TPSA) is 79.6 Å². The maximum atomic E-state index is 13.8. The molecule has 8 heteroatoms. The first-order chi connectivity index (χ1) is 11.5. The van der Waals surface area contributed by atoms with E-state index in [4.69, 9.17) is 9.26 Å². The van der Waals surface area contributed by atoms with Crippen molar-refractivity contribution < 1.29 is 18.4 Å². The molecule has 0 aromatic carbocycles. The van der Waals surface area contributed by atoms with Crippen molar-refractivity contribution in [2.45, 2.75) is 51.5 Å². The fourth-order valence-corrected chi connectivity index (χ4v) is 2.93. The molecule has 0 radical (unpaired) electrons. The van der Waals surface area contributed by atoms with Crippen LogP contribution in [-0.4, -0.2) is 61.1 Å². The van der Waals surface area contributed by atoms with Crippen LogP contribution in [-0.2, 0) is 11.3 Å². The highest BCUT2D eigenvalue weighted by molar-refractivity contribution is 5.74. The van der Waals surface area contributed by atoms with E-state index in [0.29, 0.717) is 38.4 Å². The molecule has 2 heterocycles. The van der Waals surface area contributed by atoms with Crippen LogP contribution in [0.2, 0.25) is 0 Å². The number of nitrogens with one attached hydrogen (secondary N) is 2.